The minimum absolute atomic E-state index is 0.123. The molecule has 0 radical (unpaired) electrons. The van der Waals surface area contributed by atoms with Crippen molar-refractivity contribution in [2.75, 3.05) is 6.61 Å². The fourth-order valence-corrected chi connectivity index (χ4v) is 2.76. The van der Waals surface area contributed by atoms with Gasteiger partial charge in [0.05, 0.1) is 14.5 Å². The second kappa shape index (κ2) is 6.37. The van der Waals surface area contributed by atoms with Gasteiger partial charge < -0.3 is 15.6 Å². The van der Waals surface area contributed by atoms with Crippen LogP contribution in [0.15, 0.2) is 21.1 Å². The van der Waals surface area contributed by atoms with E-state index >= 15 is 0 Å². The molecule has 0 amide bonds. The fourth-order valence-electron chi connectivity index (χ4n) is 1.25. The van der Waals surface area contributed by atoms with E-state index in [4.69, 9.17) is 10.5 Å². The Morgan fingerprint density at radius 3 is 2.22 bits per heavy atom. The summed E-state index contributed by atoms with van der Waals surface area (Å²) in [5, 5.41) is 10.2. The number of nitrogens with two attached hydrogens (primary N) is 1. The summed E-state index contributed by atoms with van der Waals surface area (Å²) in [7, 11) is 0. The van der Waals surface area contributed by atoms with Gasteiger partial charge in [-0.05, 0) is 62.4 Å². The van der Waals surface area contributed by atoms with Crippen LogP contribution >= 0.6 is 31.9 Å². The number of aliphatic hydroxyl groups is 1. The third kappa shape index (κ3) is 3.95. The highest BCUT2D eigenvalue weighted by molar-refractivity contribution is 9.11. The molecule has 0 aliphatic heterocycles. The molecule has 0 aliphatic carbocycles. The van der Waals surface area contributed by atoms with Crippen LogP contribution in [0, 0.1) is 5.92 Å². The summed E-state index contributed by atoms with van der Waals surface area (Å²) >= 11 is 6.90. The second-order valence-corrected chi connectivity index (χ2v) is 6.60. The van der Waals surface area contributed by atoms with Gasteiger partial charge in [0, 0.05) is 6.54 Å². The molecular formula is C13H19Br2NO2. The Balaban J connectivity index is 2.86. The lowest BCUT2D eigenvalue weighted by atomic mass is 9.94. The number of ether oxygens (including phenoxy) is 1. The van der Waals surface area contributed by atoms with Gasteiger partial charge in [0.2, 0.25) is 0 Å². The van der Waals surface area contributed by atoms with Gasteiger partial charge in [-0.15, -0.1) is 0 Å². The van der Waals surface area contributed by atoms with Gasteiger partial charge in [0.1, 0.15) is 12.4 Å². The van der Waals surface area contributed by atoms with Crippen LogP contribution in [-0.2, 0) is 6.54 Å². The SMILES string of the molecule is CC(C)C(C)(O)COc1c(Br)cc(CN)cc1Br. The molecule has 0 aliphatic rings. The zero-order valence-corrected chi connectivity index (χ0v) is 14.0. The summed E-state index contributed by atoms with van der Waals surface area (Å²) in [6, 6.07) is 3.84. The first-order valence-electron chi connectivity index (χ1n) is 5.81. The maximum Gasteiger partial charge on any atom is 0.147 e. The second-order valence-electron chi connectivity index (χ2n) is 4.89. The number of hydrogen-bond donors (Lipinski definition) is 2. The zero-order chi connectivity index (χ0) is 13.9. The van der Waals surface area contributed by atoms with E-state index in [1.807, 2.05) is 26.0 Å². The smallest absolute Gasteiger partial charge is 0.147 e. The molecule has 1 atom stereocenters. The monoisotopic (exact) mass is 379 g/mol. The summed E-state index contributed by atoms with van der Waals surface area (Å²) in [5.41, 5.74) is 5.75. The van der Waals surface area contributed by atoms with Crippen LogP contribution in [0.1, 0.15) is 26.3 Å². The molecule has 0 saturated heterocycles. The Labute approximate surface area is 125 Å². The standard InChI is InChI=1S/C13H19Br2NO2/c1-8(2)13(3,17)7-18-12-10(14)4-9(6-16)5-11(12)15/h4-5,8,17H,6-7,16H2,1-3H3. The average Bonchev–Trinajstić information content (AvgIpc) is 2.27. The fraction of sp³-hybridized carbons (Fsp3) is 0.538. The minimum atomic E-state index is -0.856. The number of benzene rings is 1. The van der Waals surface area contributed by atoms with E-state index in [-0.39, 0.29) is 12.5 Å². The van der Waals surface area contributed by atoms with Crippen LogP contribution in [0.5, 0.6) is 5.75 Å². The highest BCUT2D eigenvalue weighted by Crippen LogP contribution is 2.35. The van der Waals surface area contributed by atoms with Crippen molar-refractivity contribution in [2.45, 2.75) is 32.9 Å². The molecule has 1 unspecified atom stereocenters. The van der Waals surface area contributed by atoms with Crippen molar-refractivity contribution in [2.24, 2.45) is 11.7 Å². The quantitative estimate of drug-likeness (QED) is 0.822. The molecule has 3 N–H and O–H groups in total. The summed E-state index contributed by atoms with van der Waals surface area (Å²) in [5.74, 6) is 0.812. The Hall–Kier alpha value is -0.100. The summed E-state index contributed by atoms with van der Waals surface area (Å²) in [6.07, 6.45) is 0. The lowest BCUT2D eigenvalue weighted by molar-refractivity contribution is -0.0270. The highest BCUT2D eigenvalue weighted by Gasteiger charge is 2.26. The van der Waals surface area contributed by atoms with Gasteiger partial charge in [-0.1, -0.05) is 13.8 Å². The first-order chi connectivity index (χ1) is 8.27. The summed E-state index contributed by atoms with van der Waals surface area (Å²) in [4.78, 5) is 0. The van der Waals surface area contributed by atoms with Crippen molar-refractivity contribution in [3.8, 4) is 5.75 Å². The molecule has 3 nitrogen and oxygen atoms in total. The largest absolute Gasteiger partial charge is 0.488 e. The highest BCUT2D eigenvalue weighted by atomic mass is 79.9. The minimum Gasteiger partial charge on any atom is -0.488 e. The Morgan fingerprint density at radius 1 is 1.33 bits per heavy atom. The predicted molar refractivity (Wildman–Crippen MR) is 80.7 cm³/mol. The Morgan fingerprint density at radius 2 is 1.83 bits per heavy atom. The molecule has 0 fully saturated rings. The molecule has 0 saturated carbocycles. The van der Waals surface area contributed by atoms with Gasteiger partial charge in [-0.25, -0.2) is 0 Å². The lowest BCUT2D eigenvalue weighted by Gasteiger charge is -2.28. The van der Waals surface area contributed by atoms with Crippen LogP contribution in [0.3, 0.4) is 0 Å². The molecule has 0 heterocycles. The Bertz CT molecular complexity index is 396. The summed E-state index contributed by atoms with van der Waals surface area (Å²) in [6.45, 7) is 6.41. The van der Waals surface area contributed by atoms with E-state index < -0.39 is 5.60 Å². The number of hydrogen-bond acceptors (Lipinski definition) is 3. The van der Waals surface area contributed by atoms with Gasteiger partial charge in [0.15, 0.2) is 0 Å². The van der Waals surface area contributed by atoms with Crippen LogP contribution in [0.2, 0.25) is 0 Å². The van der Waals surface area contributed by atoms with E-state index in [1.54, 1.807) is 6.92 Å². The van der Waals surface area contributed by atoms with Crippen LogP contribution in [0.25, 0.3) is 0 Å². The van der Waals surface area contributed by atoms with E-state index in [0.29, 0.717) is 12.3 Å². The number of halogens is 2. The molecule has 0 aromatic heterocycles. The van der Waals surface area contributed by atoms with Gasteiger partial charge >= 0.3 is 0 Å². The van der Waals surface area contributed by atoms with Crippen molar-refractivity contribution in [3.63, 3.8) is 0 Å². The molecular weight excluding hydrogens is 362 g/mol. The zero-order valence-electron chi connectivity index (χ0n) is 10.8. The first kappa shape index (κ1) is 16.0. The third-order valence-electron chi connectivity index (χ3n) is 3.05. The van der Waals surface area contributed by atoms with Crippen molar-refractivity contribution in [1.29, 1.82) is 0 Å². The van der Waals surface area contributed by atoms with Crippen molar-refractivity contribution in [3.05, 3.63) is 26.6 Å². The number of rotatable bonds is 5. The molecule has 18 heavy (non-hydrogen) atoms. The molecule has 1 rings (SSSR count). The van der Waals surface area contributed by atoms with E-state index in [0.717, 1.165) is 14.5 Å². The Kier molecular flexibility index (Phi) is 5.65. The average molecular weight is 381 g/mol. The maximum absolute atomic E-state index is 10.2. The van der Waals surface area contributed by atoms with Crippen LogP contribution < -0.4 is 10.5 Å². The molecule has 0 bridgehead atoms. The van der Waals surface area contributed by atoms with Gasteiger partial charge in [-0.2, -0.15) is 0 Å². The van der Waals surface area contributed by atoms with Crippen molar-refractivity contribution >= 4 is 31.9 Å². The first-order valence-corrected chi connectivity index (χ1v) is 7.39. The lowest BCUT2D eigenvalue weighted by Crippen LogP contribution is -2.37. The molecule has 1 aromatic carbocycles. The van der Waals surface area contributed by atoms with Crippen molar-refractivity contribution in [1.82, 2.24) is 0 Å². The van der Waals surface area contributed by atoms with Gasteiger partial charge in [0.25, 0.3) is 0 Å². The molecule has 1 aromatic rings. The molecule has 102 valence electrons. The van der Waals surface area contributed by atoms with E-state index in [2.05, 4.69) is 31.9 Å². The van der Waals surface area contributed by atoms with E-state index in [9.17, 15) is 5.11 Å². The summed E-state index contributed by atoms with van der Waals surface area (Å²) < 4.78 is 7.37. The maximum atomic E-state index is 10.2. The van der Waals surface area contributed by atoms with Crippen LogP contribution in [-0.4, -0.2) is 17.3 Å². The van der Waals surface area contributed by atoms with Crippen molar-refractivity contribution < 1.29 is 9.84 Å². The molecule has 0 spiro atoms. The van der Waals surface area contributed by atoms with Gasteiger partial charge in [-0.3, -0.25) is 0 Å². The van der Waals surface area contributed by atoms with E-state index in [1.165, 1.54) is 0 Å². The topological polar surface area (TPSA) is 55.5 Å². The van der Waals surface area contributed by atoms with Crippen LogP contribution in [0.4, 0.5) is 0 Å². The predicted octanol–water partition coefficient (Wildman–Crippen LogP) is 3.46. The normalized spacial score (nSPS) is 14.7. The molecule has 5 heteroatoms. The third-order valence-corrected chi connectivity index (χ3v) is 4.22.